The van der Waals surface area contributed by atoms with E-state index >= 15 is 0 Å². The maximum Gasteiger partial charge on any atom is 0.273 e. The summed E-state index contributed by atoms with van der Waals surface area (Å²) in [5, 5.41) is 1.16. The molecular weight excluding hydrogens is 463 g/mol. The number of hydrogen-bond donors (Lipinski definition) is 0. The summed E-state index contributed by atoms with van der Waals surface area (Å²) in [6.45, 7) is 2.96. The number of amides is 2. The third-order valence-electron chi connectivity index (χ3n) is 5.34. The molecule has 0 saturated carbocycles. The Hall–Kier alpha value is -2.90. The van der Waals surface area contributed by atoms with Crippen LogP contribution in [0.25, 0.3) is 0 Å². The zero-order valence-corrected chi connectivity index (χ0v) is 20.7. The van der Waals surface area contributed by atoms with E-state index in [1.54, 1.807) is 67.3 Å². The Bertz CT molecular complexity index is 1030. The minimum atomic E-state index is -0.689. The molecule has 0 radical (unpaired) electrons. The van der Waals surface area contributed by atoms with Crippen molar-refractivity contribution in [3.8, 4) is 5.75 Å². The molecule has 0 fully saturated rings. The van der Waals surface area contributed by atoms with Gasteiger partial charge in [-0.15, -0.1) is 0 Å². The minimum absolute atomic E-state index is 0.196. The van der Waals surface area contributed by atoms with Gasteiger partial charge >= 0.3 is 0 Å². The molecule has 0 bridgehead atoms. The molecule has 33 heavy (non-hydrogen) atoms. The monoisotopic (exact) mass is 490 g/mol. The van der Waals surface area contributed by atoms with Crippen LogP contribution < -0.4 is 4.74 Å². The number of ether oxygens (including phenoxy) is 1. The van der Waals surface area contributed by atoms with Gasteiger partial charge < -0.3 is 24.3 Å². The largest absolute Gasteiger partial charge is 0.452 e. The second kappa shape index (κ2) is 10.8. The Labute approximate surface area is 204 Å². The first-order valence-corrected chi connectivity index (χ1v) is 11.4. The molecule has 9 heteroatoms. The van der Waals surface area contributed by atoms with Crippen LogP contribution in [0.4, 0.5) is 0 Å². The summed E-state index contributed by atoms with van der Waals surface area (Å²) in [7, 11) is 5.16. The molecule has 0 spiro atoms. The Morgan fingerprint density at radius 3 is 2.42 bits per heavy atom. The molecule has 0 aromatic heterocycles. The number of carbonyl (C=O) groups excluding carboxylic acids is 2. The average Bonchev–Trinajstić information content (AvgIpc) is 3.05. The predicted octanol–water partition coefficient (Wildman–Crippen LogP) is 4.23. The molecule has 1 unspecified atom stereocenters. The molecule has 1 atom stereocenters. The van der Waals surface area contributed by atoms with Gasteiger partial charge in [0.2, 0.25) is 6.41 Å². The van der Waals surface area contributed by atoms with Crippen molar-refractivity contribution in [1.29, 1.82) is 0 Å². The van der Waals surface area contributed by atoms with E-state index in [2.05, 4.69) is 0 Å². The Kier molecular flexibility index (Phi) is 8.10. The number of benzene rings is 2. The van der Waals surface area contributed by atoms with Crippen molar-refractivity contribution in [3.05, 3.63) is 75.7 Å². The quantitative estimate of drug-likeness (QED) is 0.492. The molecule has 0 aliphatic carbocycles. The fraction of sp³-hybridized carbons (Fsp3) is 0.333. The molecule has 7 nitrogen and oxygen atoms in total. The number of nitrogens with zero attached hydrogens (tertiary/aromatic N) is 4. The number of hydrogen-bond acceptors (Lipinski definition) is 5. The molecular formula is C24H28Cl2N4O3. The van der Waals surface area contributed by atoms with E-state index in [-0.39, 0.29) is 5.91 Å². The molecule has 176 valence electrons. The lowest BCUT2D eigenvalue weighted by Crippen LogP contribution is -2.45. The topological polar surface area (TPSA) is 56.3 Å². The lowest BCUT2D eigenvalue weighted by atomic mass is 10.2. The van der Waals surface area contributed by atoms with Crippen LogP contribution in [0.1, 0.15) is 18.9 Å². The summed E-state index contributed by atoms with van der Waals surface area (Å²) in [6.07, 6.45) is 0.802. The fourth-order valence-corrected chi connectivity index (χ4v) is 4.08. The van der Waals surface area contributed by atoms with Crippen molar-refractivity contribution in [1.82, 2.24) is 19.6 Å². The van der Waals surface area contributed by atoms with Crippen molar-refractivity contribution in [3.63, 3.8) is 0 Å². The summed E-state index contributed by atoms with van der Waals surface area (Å²) in [5.41, 5.74) is 1.32. The van der Waals surface area contributed by atoms with Crippen molar-refractivity contribution in [2.24, 2.45) is 0 Å². The molecule has 0 saturated heterocycles. The standard InChI is InChI=1S/C24H28Cl2N4O3/c1-5-13-27(2)23(32)21-22(28(3)16-31)29(4)24(33-20-8-6-7-19(26)14-20)30(21)15-17-9-11-18(25)12-10-17/h6-12,14,16,24H,5,13,15H2,1-4H3. The summed E-state index contributed by atoms with van der Waals surface area (Å²) in [5.74, 6) is 0.807. The molecule has 0 N–H and O–H groups in total. The van der Waals surface area contributed by atoms with Gasteiger partial charge in [-0.25, -0.2) is 0 Å². The Morgan fingerprint density at radius 1 is 1.12 bits per heavy atom. The maximum atomic E-state index is 13.6. The van der Waals surface area contributed by atoms with Gasteiger partial charge in [0.1, 0.15) is 17.3 Å². The lowest BCUT2D eigenvalue weighted by molar-refractivity contribution is -0.129. The van der Waals surface area contributed by atoms with E-state index in [1.165, 1.54) is 4.90 Å². The highest BCUT2D eigenvalue weighted by Gasteiger charge is 2.43. The second-order valence-corrected chi connectivity index (χ2v) is 8.75. The van der Waals surface area contributed by atoms with Crippen molar-refractivity contribution < 1.29 is 14.3 Å². The van der Waals surface area contributed by atoms with E-state index in [9.17, 15) is 9.59 Å². The summed E-state index contributed by atoms with van der Waals surface area (Å²) < 4.78 is 6.31. The van der Waals surface area contributed by atoms with Gasteiger partial charge in [-0.05, 0) is 42.3 Å². The van der Waals surface area contributed by atoms with Crippen molar-refractivity contribution in [2.75, 3.05) is 27.7 Å². The number of carbonyl (C=O) groups is 2. The van der Waals surface area contributed by atoms with Crippen molar-refractivity contribution >= 4 is 35.5 Å². The van der Waals surface area contributed by atoms with Crippen molar-refractivity contribution in [2.45, 2.75) is 26.2 Å². The van der Waals surface area contributed by atoms with Gasteiger partial charge in [0, 0.05) is 44.3 Å². The Balaban J connectivity index is 2.08. The molecule has 1 aliphatic rings. The van der Waals surface area contributed by atoms with E-state index in [0.717, 1.165) is 12.0 Å². The Morgan fingerprint density at radius 2 is 1.82 bits per heavy atom. The first kappa shape index (κ1) is 24.7. The first-order valence-electron chi connectivity index (χ1n) is 10.6. The number of likely N-dealkylation sites (N-methyl/N-ethyl adjacent to an activating group) is 1. The number of rotatable bonds is 9. The van der Waals surface area contributed by atoms with Crippen LogP contribution in [0.15, 0.2) is 60.0 Å². The van der Waals surface area contributed by atoms with Crippen LogP contribution in [-0.2, 0) is 16.1 Å². The van der Waals surface area contributed by atoms with Crippen LogP contribution in [-0.4, -0.2) is 66.0 Å². The molecule has 1 heterocycles. The van der Waals surface area contributed by atoms with Gasteiger partial charge in [-0.2, -0.15) is 0 Å². The SMILES string of the molecule is CCCN(C)C(=O)C1=C(N(C)C=O)N(C)C(Oc2cccc(Cl)c2)N1Cc1ccc(Cl)cc1. The smallest absolute Gasteiger partial charge is 0.273 e. The van der Waals surface area contributed by atoms with Crippen LogP contribution in [0.2, 0.25) is 10.0 Å². The summed E-state index contributed by atoms with van der Waals surface area (Å²) in [4.78, 5) is 32.0. The molecule has 2 amide bonds. The maximum absolute atomic E-state index is 13.6. The number of halogens is 2. The molecule has 1 aliphatic heterocycles. The first-order chi connectivity index (χ1) is 15.8. The van der Waals surface area contributed by atoms with Gasteiger partial charge in [0.25, 0.3) is 12.3 Å². The van der Waals surface area contributed by atoms with E-state index in [0.29, 0.717) is 46.8 Å². The van der Waals surface area contributed by atoms with Gasteiger partial charge in [0.15, 0.2) is 0 Å². The van der Waals surface area contributed by atoms with E-state index in [1.807, 2.05) is 24.0 Å². The average molecular weight is 491 g/mol. The van der Waals surface area contributed by atoms with Gasteiger partial charge in [0.05, 0.1) is 0 Å². The van der Waals surface area contributed by atoms with Gasteiger partial charge in [-0.1, -0.05) is 48.3 Å². The minimum Gasteiger partial charge on any atom is -0.452 e. The van der Waals surface area contributed by atoms with Crippen LogP contribution >= 0.6 is 23.2 Å². The molecule has 3 rings (SSSR count). The third kappa shape index (κ3) is 5.54. The van der Waals surface area contributed by atoms with Crippen LogP contribution in [0.3, 0.4) is 0 Å². The zero-order chi connectivity index (χ0) is 24.1. The second-order valence-electron chi connectivity index (χ2n) is 7.88. The van der Waals surface area contributed by atoms with Crippen LogP contribution in [0.5, 0.6) is 5.75 Å². The van der Waals surface area contributed by atoms with Gasteiger partial charge in [-0.3, -0.25) is 9.59 Å². The highest BCUT2D eigenvalue weighted by Crippen LogP contribution is 2.34. The van der Waals surface area contributed by atoms with E-state index < -0.39 is 6.35 Å². The molecule has 2 aromatic rings. The normalized spacial score (nSPS) is 15.6. The van der Waals surface area contributed by atoms with Crippen LogP contribution in [0, 0.1) is 0 Å². The highest BCUT2D eigenvalue weighted by molar-refractivity contribution is 6.30. The summed E-state index contributed by atoms with van der Waals surface area (Å²) in [6, 6.07) is 14.5. The predicted molar refractivity (Wildman–Crippen MR) is 129 cm³/mol. The lowest BCUT2D eigenvalue weighted by Gasteiger charge is -2.33. The molecule has 2 aromatic carbocycles. The zero-order valence-electron chi connectivity index (χ0n) is 19.2. The fourth-order valence-electron chi connectivity index (χ4n) is 3.77. The van der Waals surface area contributed by atoms with E-state index in [4.69, 9.17) is 27.9 Å². The highest BCUT2D eigenvalue weighted by atomic mass is 35.5. The summed E-state index contributed by atoms with van der Waals surface area (Å²) >= 11 is 12.2. The third-order valence-corrected chi connectivity index (χ3v) is 5.82.